The maximum absolute atomic E-state index is 13.3. The third-order valence-corrected chi connectivity index (χ3v) is 6.19. The second-order valence-electron chi connectivity index (χ2n) is 8.84. The van der Waals surface area contributed by atoms with Crippen LogP contribution < -0.4 is 5.32 Å². The molecule has 3 amide bonds. The van der Waals surface area contributed by atoms with E-state index in [0.29, 0.717) is 11.1 Å². The highest BCUT2D eigenvalue weighted by atomic mass is 19.1. The average Bonchev–Trinajstić information content (AvgIpc) is 3.15. The maximum Gasteiger partial charge on any atom is 0.325 e. The molecule has 1 aliphatic heterocycles. The maximum atomic E-state index is 13.3. The number of ketones is 1. The lowest BCUT2D eigenvalue weighted by molar-refractivity contribution is -0.130. The lowest BCUT2D eigenvalue weighted by atomic mass is 9.92. The van der Waals surface area contributed by atoms with E-state index in [0.717, 1.165) is 33.1 Å². The summed E-state index contributed by atoms with van der Waals surface area (Å²) in [5.41, 5.74) is 4.37. The van der Waals surface area contributed by atoms with Crippen molar-refractivity contribution in [3.63, 3.8) is 0 Å². The Labute approximate surface area is 192 Å². The number of carbonyl (C=O) groups excluding carboxylic acids is 3. The number of halogens is 1. The number of Topliss-reactive ketones (excluding diaryl/α,β-unsaturated/α-hetero) is 1. The third kappa shape index (κ3) is 3.84. The van der Waals surface area contributed by atoms with Crippen molar-refractivity contribution in [2.24, 2.45) is 0 Å². The summed E-state index contributed by atoms with van der Waals surface area (Å²) in [6.45, 7) is 8.99. The standard InChI is InChI=1S/C26H26FN3O3/c1-15-10-16(2)12-21(11-15)30-17(3)13-22(18(30)4)23(31)14-29-24(32)26(5,28-25(29)33)19-6-8-20(27)9-7-19/h6-13H,14H2,1-5H3,(H,28,33). The van der Waals surface area contributed by atoms with Crippen LogP contribution in [0.25, 0.3) is 5.69 Å². The van der Waals surface area contributed by atoms with Gasteiger partial charge in [0.25, 0.3) is 5.91 Å². The number of nitrogens with zero attached hydrogens (tertiary/aromatic N) is 2. The van der Waals surface area contributed by atoms with E-state index >= 15 is 0 Å². The van der Waals surface area contributed by atoms with Crippen molar-refractivity contribution in [1.29, 1.82) is 0 Å². The fourth-order valence-electron chi connectivity index (χ4n) is 4.57. The Morgan fingerprint density at radius 1 is 0.970 bits per heavy atom. The van der Waals surface area contributed by atoms with Gasteiger partial charge in [-0.25, -0.2) is 9.18 Å². The molecule has 0 radical (unpaired) electrons. The van der Waals surface area contributed by atoms with Crippen LogP contribution in [0.5, 0.6) is 0 Å². The fraction of sp³-hybridized carbons (Fsp3) is 0.269. The summed E-state index contributed by atoms with van der Waals surface area (Å²) in [6, 6.07) is 12.7. The highest BCUT2D eigenvalue weighted by Gasteiger charge is 2.49. The number of benzene rings is 2. The second-order valence-corrected chi connectivity index (χ2v) is 8.84. The van der Waals surface area contributed by atoms with Gasteiger partial charge in [-0.3, -0.25) is 14.5 Å². The molecule has 1 fully saturated rings. The topological polar surface area (TPSA) is 71.4 Å². The van der Waals surface area contributed by atoms with Gasteiger partial charge in [-0.1, -0.05) is 18.2 Å². The first-order valence-corrected chi connectivity index (χ1v) is 10.7. The number of hydrogen-bond acceptors (Lipinski definition) is 3. The zero-order chi connectivity index (χ0) is 24.1. The normalized spacial score (nSPS) is 18.1. The molecule has 1 aromatic heterocycles. The predicted molar refractivity (Wildman–Crippen MR) is 123 cm³/mol. The average molecular weight is 448 g/mol. The van der Waals surface area contributed by atoms with Crippen LogP contribution >= 0.6 is 0 Å². The van der Waals surface area contributed by atoms with Crippen molar-refractivity contribution < 1.29 is 18.8 Å². The van der Waals surface area contributed by atoms with Crippen molar-refractivity contribution in [2.75, 3.05) is 6.54 Å². The van der Waals surface area contributed by atoms with Gasteiger partial charge in [0.05, 0.1) is 6.54 Å². The molecular formula is C26H26FN3O3. The Balaban J connectivity index is 1.62. The minimum absolute atomic E-state index is 0.328. The molecule has 0 bridgehead atoms. The molecule has 1 N–H and O–H groups in total. The SMILES string of the molecule is Cc1cc(C)cc(-n2c(C)cc(C(=O)CN3C(=O)NC(C)(c4ccc(F)cc4)C3=O)c2C)c1. The van der Waals surface area contributed by atoms with Crippen molar-refractivity contribution >= 4 is 17.7 Å². The van der Waals surface area contributed by atoms with E-state index in [1.807, 2.05) is 44.4 Å². The van der Waals surface area contributed by atoms with E-state index in [1.54, 1.807) is 13.0 Å². The summed E-state index contributed by atoms with van der Waals surface area (Å²) >= 11 is 0. The van der Waals surface area contributed by atoms with Gasteiger partial charge < -0.3 is 9.88 Å². The van der Waals surface area contributed by atoms with E-state index in [4.69, 9.17) is 0 Å². The zero-order valence-corrected chi connectivity index (χ0v) is 19.3. The molecular weight excluding hydrogens is 421 g/mol. The second kappa shape index (κ2) is 7.99. The van der Waals surface area contributed by atoms with Crippen LogP contribution in [0.2, 0.25) is 0 Å². The minimum atomic E-state index is -1.36. The van der Waals surface area contributed by atoms with Gasteiger partial charge in [0.1, 0.15) is 11.4 Å². The van der Waals surface area contributed by atoms with Crippen LogP contribution in [0.15, 0.2) is 48.5 Å². The number of aromatic nitrogens is 1. The summed E-state index contributed by atoms with van der Waals surface area (Å²) in [6.07, 6.45) is 0. The number of rotatable bonds is 5. The van der Waals surface area contributed by atoms with Gasteiger partial charge in [0, 0.05) is 22.6 Å². The Bertz CT molecular complexity index is 1270. The summed E-state index contributed by atoms with van der Waals surface area (Å²) < 4.78 is 15.3. The number of hydrogen-bond donors (Lipinski definition) is 1. The van der Waals surface area contributed by atoms with Crippen LogP contribution in [0.1, 0.15) is 45.4 Å². The summed E-state index contributed by atoms with van der Waals surface area (Å²) in [7, 11) is 0. The fourth-order valence-corrected chi connectivity index (χ4v) is 4.57. The first-order valence-electron chi connectivity index (χ1n) is 10.7. The van der Waals surface area contributed by atoms with E-state index in [2.05, 4.69) is 11.4 Å². The molecule has 2 aromatic carbocycles. The van der Waals surface area contributed by atoms with Crippen molar-refractivity contribution in [1.82, 2.24) is 14.8 Å². The van der Waals surface area contributed by atoms with Crippen LogP contribution in [-0.4, -0.2) is 33.7 Å². The highest BCUT2D eigenvalue weighted by Crippen LogP contribution is 2.30. The van der Waals surface area contributed by atoms with E-state index in [9.17, 15) is 18.8 Å². The Kier molecular flexibility index (Phi) is 5.44. The van der Waals surface area contributed by atoms with Crippen molar-refractivity contribution in [3.8, 4) is 5.69 Å². The molecule has 2 heterocycles. The molecule has 0 saturated carbocycles. The minimum Gasteiger partial charge on any atom is -0.319 e. The van der Waals surface area contributed by atoms with Crippen LogP contribution in [0.4, 0.5) is 9.18 Å². The van der Waals surface area contributed by atoms with Gasteiger partial charge >= 0.3 is 6.03 Å². The van der Waals surface area contributed by atoms with Crippen molar-refractivity contribution in [2.45, 2.75) is 40.2 Å². The van der Waals surface area contributed by atoms with Gasteiger partial charge in [0.2, 0.25) is 0 Å². The van der Waals surface area contributed by atoms with Crippen LogP contribution in [0, 0.1) is 33.5 Å². The lowest BCUT2D eigenvalue weighted by Crippen LogP contribution is -2.41. The quantitative estimate of drug-likeness (QED) is 0.462. The van der Waals surface area contributed by atoms with Crippen LogP contribution in [0.3, 0.4) is 0 Å². The molecule has 1 aliphatic rings. The molecule has 4 rings (SSSR count). The predicted octanol–water partition coefficient (Wildman–Crippen LogP) is 4.50. The lowest BCUT2D eigenvalue weighted by Gasteiger charge is -2.22. The molecule has 170 valence electrons. The number of urea groups is 1. The first kappa shape index (κ1) is 22.5. The molecule has 0 spiro atoms. The van der Waals surface area contributed by atoms with Gasteiger partial charge in [-0.15, -0.1) is 0 Å². The van der Waals surface area contributed by atoms with Gasteiger partial charge in [-0.05, 0) is 81.6 Å². The van der Waals surface area contributed by atoms with Gasteiger partial charge in [-0.2, -0.15) is 0 Å². The highest BCUT2D eigenvalue weighted by molar-refractivity contribution is 6.11. The van der Waals surface area contributed by atoms with Crippen molar-refractivity contribution in [3.05, 3.63) is 88.0 Å². The third-order valence-electron chi connectivity index (χ3n) is 6.19. The Hall–Kier alpha value is -3.74. The van der Waals surface area contributed by atoms with Crippen LogP contribution in [-0.2, 0) is 10.3 Å². The smallest absolute Gasteiger partial charge is 0.319 e. The summed E-state index contributed by atoms with van der Waals surface area (Å²) in [5.74, 6) is -1.31. The molecule has 7 heteroatoms. The largest absolute Gasteiger partial charge is 0.325 e. The molecule has 6 nitrogen and oxygen atoms in total. The Morgan fingerprint density at radius 2 is 1.58 bits per heavy atom. The monoisotopic (exact) mass is 447 g/mol. The molecule has 33 heavy (non-hydrogen) atoms. The molecule has 3 aromatic rings. The summed E-state index contributed by atoms with van der Waals surface area (Å²) in [5, 5.41) is 2.65. The number of aryl methyl sites for hydroxylation is 3. The number of amides is 3. The number of imide groups is 1. The van der Waals surface area contributed by atoms with E-state index in [-0.39, 0.29) is 12.3 Å². The number of carbonyl (C=O) groups is 3. The van der Waals surface area contributed by atoms with Gasteiger partial charge in [0.15, 0.2) is 5.78 Å². The number of nitrogens with one attached hydrogen (secondary N) is 1. The van der Waals surface area contributed by atoms with E-state index < -0.39 is 23.3 Å². The molecule has 1 atom stereocenters. The molecule has 1 unspecified atom stereocenters. The molecule has 0 aliphatic carbocycles. The first-order chi connectivity index (χ1) is 15.5. The Morgan fingerprint density at radius 3 is 2.18 bits per heavy atom. The molecule has 1 saturated heterocycles. The van der Waals surface area contributed by atoms with E-state index in [1.165, 1.54) is 24.3 Å². The zero-order valence-electron chi connectivity index (χ0n) is 19.3. The summed E-state index contributed by atoms with van der Waals surface area (Å²) in [4.78, 5) is 39.9.